The molecule has 2 aromatic carbocycles. The molecule has 0 heterocycles. The van der Waals surface area contributed by atoms with Crippen LogP contribution in [0.25, 0.3) is 0 Å². The summed E-state index contributed by atoms with van der Waals surface area (Å²) in [5.41, 5.74) is 2.15. The van der Waals surface area contributed by atoms with Gasteiger partial charge in [0.25, 0.3) is 0 Å². The van der Waals surface area contributed by atoms with Gasteiger partial charge in [-0.25, -0.2) is 8.42 Å². The lowest BCUT2D eigenvalue weighted by molar-refractivity contribution is -0.140. The lowest BCUT2D eigenvalue weighted by atomic mass is 10.1. The van der Waals surface area contributed by atoms with E-state index in [0.717, 1.165) is 30.2 Å². The van der Waals surface area contributed by atoms with E-state index in [0.29, 0.717) is 28.7 Å². The fraction of sp³-hybridized carbons (Fsp3) is 0.462. The number of aryl methyl sites for hydroxylation is 1. The average Bonchev–Trinajstić information content (AvgIpc) is 2.82. The molecule has 1 atom stereocenters. The summed E-state index contributed by atoms with van der Waals surface area (Å²) >= 11 is 12.2. The molecule has 0 fully saturated rings. The number of carbonyl (C=O) groups is 2. The number of sulfonamides is 1. The van der Waals surface area contributed by atoms with Crippen LogP contribution in [0.1, 0.15) is 50.7 Å². The van der Waals surface area contributed by atoms with Crippen molar-refractivity contribution in [2.24, 2.45) is 0 Å². The topological polar surface area (TPSA) is 86.8 Å². The van der Waals surface area contributed by atoms with Crippen LogP contribution in [0, 0.1) is 6.92 Å². The van der Waals surface area contributed by atoms with Gasteiger partial charge in [0.2, 0.25) is 21.8 Å². The molecular formula is C26H35Cl2N3O4S. The molecule has 0 bridgehead atoms. The van der Waals surface area contributed by atoms with E-state index >= 15 is 0 Å². The molecule has 198 valence electrons. The second-order valence-electron chi connectivity index (χ2n) is 8.82. The highest BCUT2D eigenvalue weighted by Crippen LogP contribution is 2.25. The Morgan fingerprint density at radius 3 is 2.36 bits per heavy atom. The number of para-hydroxylation sites is 1. The number of nitrogens with zero attached hydrogens (tertiary/aromatic N) is 2. The summed E-state index contributed by atoms with van der Waals surface area (Å²) in [6, 6.07) is 11.6. The molecule has 2 rings (SSSR count). The van der Waals surface area contributed by atoms with Crippen molar-refractivity contribution < 1.29 is 18.0 Å². The maximum atomic E-state index is 13.3. The third-order valence-corrected chi connectivity index (χ3v) is 7.79. The molecule has 0 aromatic heterocycles. The summed E-state index contributed by atoms with van der Waals surface area (Å²) in [7, 11) is -3.54. The van der Waals surface area contributed by atoms with Gasteiger partial charge in [0.05, 0.1) is 22.0 Å². The van der Waals surface area contributed by atoms with E-state index in [9.17, 15) is 18.0 Å². The van der Waals surface area contributed by atoms with Crippen LogP contribution < -0.4 is 9.62 Å². The molecule has 0 spiro atoms. The lowest BCUT2D eigenvalue weighted by Gasteiger charge is -2.29. The van der Waals surface area contributed by atoms with Gasteiger partial charge in [-0.1, -0.05) is 60.8 Å². The fourth-order valence-electron chi connectivity index (χ4n) is 3.78. The van der Waals surface area contributed by atoms with E-state index in [1.807, 2.05) is 26.0 Å². The number of nitrogens with one attached hydrogen (secondary N) is 1. The molecule has 0 aliphatic carbocycles. The van der Waals surface area contributed by atoms with Crippen molar-refractivity contribution >= 4 is 50.7 Å². The first-order valence-electron chi connectivity index (χ1n) is 12.0. The first kappa shape index (κ1) is 29.9. The Labute approximate surface area is 224 Å². The summed E-state index contributed by atoms with van der Waals surface area (Å²) in [5, 5.41) is 3.65. The monoisotopic (exact) mass is 555 g/mol. The van der Waals surface area contributed by atoms with Gasteiger partial charge in [-0.2, -0.15) is 0 Å². The van der Waals surface area contributed by atoms with Crippen molar-refractivity contribution in [2.45, 2.75) is 59.0 Å². The van der Waals surface area contributed by atoms with Gasteiger partial charge in [-0.05, 0) is 56.0 Å². The summed E-state index contributed by atoms with van der Waals surface area (Å²) in [5.74, 6) is -0.494. The molecule has 10 heteroatoms. The van der Waals surface area contributed by atoms with Gasteiger partial charge in [0, 0.05) is 26.1 Å². The molecule has 36 heavy (non-hydrogen) atoms. The second kappa shape index (κ2) is 13.9. The Morgan fingerprint density at radius 1 is 1.06 bits per heavy atom. The van der Waals surface area contributed by atoms with Crippen molar-refractivity contribution in [1.82, 2.24) is 10.2 Å². The number of hydrogen-bond acceptors (Lipinski definition) is 4. The molecule has 2 amide bonds. The number of carbonyl (C=O) groups excluding carboxylic acids is 2. The summed E-state index contributed by atoms with van der Waals surface area (Å²) in [6.45, 7) is 6.42. The Morgan fingerprint density at radius 2 is 1.75 bits per heavy atom. The van der Waals surface area contributed by atoms with E-state index in [1.54, 1.807) is 37.3 Å². The van der Waals surface area contributed by atoms with Gasteiger partial charge >= 0.3 is 0 Å². The van der Waals surface area contributed by atoms with E-state index in [1.165, 1.54) is 9.21 Å². The molecule has 1 N–H and O–H groups in total. The van der Waals surface area contributed by atoms with Crippen molar-refractivity contribution in [3.05, 3.63) is 63.6 Å². The van der Waals surface area contributed by atoms with Crippen LogP contribution in [0.3, 0.4) is 0 Å². The molecule has 2 aromatic rings. The van der Waals surface area contributed by atoms with Crippen molar-refractivity contribution in [3.8, 4) is 0 Å². The third kappa shape index (κ3) is 8.68. The van der Waals surface area contributed by atoms with Crippen LogP contribution in [-0.2, 0) is 26.2 Å². The zero-order chi connectivity index (χ0) is 26.9. The van der Waals surface area contributed by atoms with Crippen LogP contribution >= 0.6 is 23.2 Å². The number of hydrogen-bond donors (Lipinski definition) is 1. The van der Waals surface area contributed by atoms with E-state index in [2.05, 4.69) is 5.32 Å². The number of benzene rings is 2. The van der Waals surface area contributed by atoms with Crippen LogP contribution in [-0.4, -0.2) is 50.5 Å². The normalized spacial score (nSPS) is 12.2. The van der Waals surface area contributed by atoms with Gasteiger partial charge in [-0.15, -0.1) is 0 Å². The summed E-state index contributed by atoms with van der Waals surface area (Å²) in [4.78, 5) is 27.6. The zero-order valence-electron chi connectivity index (χ0n) is 21.3. The Hall–Kier alpha value is -2.29. The van der Waals surface area contributed by atoms with E-state index < -0.39 is 16.1 Å². The number of rotatable bonds is 13. The van der Waals surface area contributed by atoms with Crippen LogP contribution in [0.15, 0.2) is 42.5 Å². The van der Waals surface area contributed by atoms with Crippen molar-refractivity contribution in [2.75, 3.05) is 23.7 Å². The zero-order valence-corrected chi connectivity index (χ0v) is 23.6. The molecule has 0 radical (unpaired) electrons. The minimum absolute atomic E-state index is 0.0752. The predicted octanol–water partition coefficient (Wildman–Crippen LogP) is 5.18. The first-order chi connectivity index (χ1) is 17.0. The Balaban J connectivity index is 2.18. The summed E-state index contributed by atoms with van der Waals surface area (Å²) < 4.78 is 26.3. The number of halogens is 2. The third-order valence-electron chi connectivity index (χ3n) is 5.87. The summed E-state index contributed by atoms with van der Waals surface area (Å²) in [6.07, 6.45) is 3.31. The van der Waals surface area contributed by atoms with Gasteiger partial charge in [-0.3, -0.25) is 13.9 Å². The van der Waals surface area contributed by atoms with E-state index in [-0.39, 0.29) is 31.3 Å². The SMILES string of the molecule is CCCCNC(=O)C(C)N(Cc1ccc(Cl)c(Cl)c1)C(=O)CCCN(c1ccccc1C)S(C)(=O)=O. The quantitative estimate of drug-likeness (QED) is 0.345. The minimum Gasteiger partial charge on any atom is -0.354 e. The number of unbranched alkanes of at least 4 members (excludes halogenated alkanes) is 1. The minimum atomic E-state index is -3.54. The largest absolute Gasteiger partial charge is 0.354 e. The standard InChI is InChI=1S/C26H35Cl2N3O4S/c1-5-6-15-29-26(33)20(3)30(18-21-13-14-22(27)23(28)17-21)25(32)12-9-16-31(36(4,34)35)24-11-8-7-10-19(24)2/h7-8,10-11,13-14,17,20H,5-6,9,12,15-16,18H2,1-4H3,(H,29,33). The maximum Gasteiger partial charge on any atom is 0.242 e. The van der Waals surface area contributed by atoms with Crippen LogP contribution in [0.2, 0.25) is 10.0 Å². The smallest absolute Gasteiger partial charge is 0.242 e. The molecule has 7 nitrogen and oxygen atoms in total. The highest BCUT2D eigenvalue weighted by atomic mass is 35.5. The van der Waals surface area contributed by atoms with Gasteiger partial charge in [0.1, 0.15) is 6.04 Å². The van der Waals surface area contributed by atoms with Gasteiger partial charge in [0.15, 0.2) is 0 Å². The van der Waals surface area contributed by atoms with Crippen LogP contribution in [0.5, 0.6) is 0 Å². The maximum absolute atomic E-state index is 13.3. The van der Waals surface area contributed by atoms with Crippen LogP contribution in [0.4, 0.5) is 5.69 Å². The molecule has 0 aliphatic rings. The lowest BCUT2D eigenvalue weighted by Crippen LogP contribution is -2.48. The predicted molar refractivity (Wildman–Crippen MR) is 147 cm³/mol. The molecule has 0 saturated heterocycles. The average molecular weight is 557 g/mol. The first-order valence-corrected chi connectivity index (χ1v) is 14.6. The highest BCUT2D eigenvalue weighted by Gasteiger charge is 2.27. The van der Waals surface area contributed by atoms with Crippen molar-refractivity contribution in [1.29, 1.82) is 0 Å². The van der Waals surface area contributed by atoms with Crippen molar-refractivity contribution in [3.63, 3.8) is 0 Å². The number of amides is 2. The second-order valence-corrected chi connectivity index (χ2v) is 11.5. The van der Waals surface area contributed by atoms with Gasteiger partial charge < -0.3 is 10.2 Å². The highest BCUT2D eigenvalue weighted by molar-refractivity contribution is 7.92. The molecular weight excluding hydrogens is 521 g/mol. The van der Waals surface area contributed by atoms with E-state index in [4.69, 9.17) is 23.2 Å². The molecule has 1 unspecified atom stereocenters. The Kier molecular flexibility index (Phi) is 11.5. The fourth-order valence-corrected chi connectivity index (χ4v) is 5.12. The molecule has 0 aliphatic heterocycles. The molecule has 0 saturated carbocycles. The Bertz CT molecular complexity index is 1160. The number of anilines is 1.